The molecule has 0 aliphatic heterocycles. The van der Waals surface area contributed by atoms with Gasteiger partial charge in [-0.3, -0.25) is 28.8 Å². The average molecular weight is 929 g/mol. The third kappa shape index (κ3) is 11.3. The van der Waals surface area contributed by atoms with Crippen LogP contribution in [0.15, 0.2) is 85.5 Å². The molecule has 67 heavy (non-hydrogen) atoms. The van der Waals surface area contributed by atoms with E-state index < -0.39 is 11.8 Å². The molecule has 350 valence electrons. The van der Waals surface area contributed by atoms with E-state index in [9.17, 15) is 28.8 Å². The summed E-state index contributed by atoms with van der Waals surface area (Å²) in [5, 5.41) is 19.2. The molecule has 5 heterocycles. The van der Waals surface area contributed by atoms with Gasteiger partial charge in [-0.25, -0.2) is 0 Å². The first-order valence-electron chi connectivity index (χ1n) is 21.7. The molecule has 5 aromatic heterocycles. The van der Waals surface area contributed by atoms with Gasteiger partial charge in [-0.15, -0.1) is 11.3 Å². The first-order valence-corrected chi connectivity index (χ1v) is 22.5. The van der Waals surface area contributed by atoms with E-state index in [0.29, 0.717) is 69.7 Å². The van der Waals surface area contributed by atoms with Crippen LogP contribution in [-0.4, -0.2) is 118 Å². The van der Waals surface area contributed by atoms with E-state index in [1.807, 2.05) is 50.1 Å². The van der Waals surface area contributed by atoms with Gasteiger partial charge in [0.1, 0.15) is 22.8 Å². The number of carbonyl (C=O) groups is 6. The molecule has 0 spiro atoms. The van der Waals surface area contributed by atoms with Crippen molar-refractivity contribution in [3.05, 3.63) is 119 Å². The van der Waals surface area contributed by atoms with Crippen LogP contribution in [0.2, 0.25) is 0 Å². The largest absolute Gasteiger partial charge is 0.351 e. The van der Waals surface area contributed by atoms with Gasteiger partial charge in [0.2, 0.25) is 0 Å². The molecule has 0 aliphatic rings. The fourth-order valence-corrected chi connectivity index (χ4v) is 8.85. The summed E-state index contributed by atoms with van der Waals surface area (Å²) in [6.45, 7) is 2.77. The van der Waals surface area contributed by atoms with E-state index >= 15 is 0 Å². The lowest BCUT2D eigenvalue weighted by Crippen LogP contribution is -2.28. The Balaban J connectivity index is 0.954. The highest BCUT2D eigenvalue weighted by molar-refractivity contribution is 7.25. The molecule has 0 fully saturated rings. The van der Waals surface area contributed by atoms with Gasteiger partial charge in [-0.1, -0.05) is 12.1 Å². The lowest BCUT2D eigenvalue weighted by molar-refractivity contribution is 0.0936. The predicted octanol–water partition coefficient (Wildman–Crippen LogP) is 5.78. The first kappa shape index (κ1) is 47.5. The van der Waals surface area contributed by atoms with Crippen LogP contribution >= 0.6 is 11.3 Å². The third-order valence-electron chi connectivity index (χ3n) is 11.1. The van der Waals surface area contributed by atoms with Crippen LogP contribution < -0.4 is 31.9 Å². The topological polar surface area (TPSA) is 201 Å². The van der Waals surface area contributed by atoms with Gasteiger partial charge in [-0.2, -0.15) is 0 Å². The Kier molecular flexibility index (Phi) is 14.4. The van der Waals surface area contributed by atoms with Crippen molar-refractivity contribution in [2.45, 2.75) is 12.8 Å². The normalized spacial score (nSPS) is 11.4. The zero-order valence-electron chi connectivity index (χ0n) is 38.9. The number of carbonyl (C=O) groups excluding carboxylic acids is 6. The highest BCUT2D eigenvalue weighted by Crippen LogP contribution is 2.35. The molecule has 0 aliphatic carbocycles. The van der Waals surface area contributed by atoms with Crippen LogP contribution in [0.1, 0.15) is 75.5 Å². The van der Waals surface area contributed by atoms with Crippen molar-refractivity contribution in [2.75, 3.05) is 75.6 Å². The van der Waals surface area contributed by atoms with Crippen molar-refractivity contribution < 1.29 is 28.8 Å². The second kappa shape index (κ2) is 20.4. The van der Waals surface area contributed by atoms with Gasteiger partial charge in [0, 0.05) is 97.4 Å². The molecule has 7 aromatic rings. The van der Waals surface area contributed by atoms with E-state index in [1.54, 1.807) is 120 Å². The highest BCUT2D eigenvalue weighted by Gasteiger charge is 2.20. The summed E-state index contributed by atoms with van der Waals surface area (Å²) < 4.78 is 8.24. The molecule has 6 N–H and O–H groups in total. The number of rotatable bonds is 18. The Bertz CT molecular complexity index is 2820. The second-order valence-corrected chi connectivity index (χ2v) is 18.1. The molecule has 0 radical (unpaired) electrons. The van der Waals surface area contributed by atoms with Gasteiger partial charge < -0.3 is 60.0 Å². The number of hydrogen-bond donors (Lipinski definition) is 6. The monoisotopic (exact) mass is 928 g/mol. The molecule has 18 nitrogen and oxygen atoms in total. The Labute approximate surface area is 391 Å². The Hall–Kier alpha value is -7.48. The molecule has 0 bridgehead atoms. The predicted molar refractivity (Wildman–Crippen MR) is 264 cm³/mol. The minimum atomic E-state index is -0.407. The number of amides is 6. The first-order chi connectivity index (χ1) is 31.9. The number of benzene rings is 2. The van der Waals surface area contributed by atoms with Gasteiger partial charge >= 0.3 is 0 Å². The summed E-state index contributed by atoms with van der Waals surface area (Å²) in [4.78, 5) is 83.2. The standard InChI is InChI=1S/C48H56N12O6S/c1-55(2)17-9-15-49-45(63)37-21-33(27-57(37)5)53-47(65)39-23-31(25-59(39)7)51-43(61)29-11-13-35-36-14-12-30(20-42(36)67-41(35)19-29)44(62)52-32-24-40(60(8)26-32)48(66)54-34-22-38(58(6)28-34)46(64)50-16-10-18-56(3)4/h11-14,19-28H,9-10,15-18H2,1-8H3,(H,49,63)(H,50,64)(H,51,61)(H,52,62)(H,53,65)(H,54,66). The number of fused-ring (bicyclic) bond motifs is 3. The summed E-state index contributed by atoms with van der Waals surface area (Å²) in [6, 6.07) is 17.2. The molecule has 0 saturated carbocycles. The van der Waals surface area contributed by atoms with Crippen molar-refractivity contribution in [1.82, 2.24) is 38.7 Å². The van der Waals surface area contributed by atoms with Crippen LogP contribution in [0.25, 0.3) is 20.2 Å². The van der Waals surface area contributed by atoms with E-state index in [2.05, 4.69) is 31.9 Å². The molecule has 0 saturated heterocycles. The Morgan fingerprint density at radius 1 is 0.448 bits per heavy atom. The van der Waals surface area contributed by atoms with Gasteiger partial charge in [0.15, 0.2) is 0 Å². The quantitative estimate of drug-likeness (QED) is 0.0582. The van der Waals surface area contributed by atoms with Gasteiger partial charge in [0.05, 0.1) is 22.7 Å². The number of aromatic nitrogens is 4. The van der Waals surface area contributed by atoms with Crippen LogP contribution in [0.4, 0.5) is 22.7 Å². The minimum absolute atomic E-state index is 0.231. The summed E-state index contributed by atoms with van der Waals surface area (Å²) in [5.41, 5.74) is 4.05. The minimum Gasteiger partial charge on any atom is -0.351 e. The zero-order valence-corrected chi connectivity index (χ0v) is 39.7. The lowest BCUT2D eigenvalue weighted by Gasteiger charge is -2.10. The van der Waals surface area contributed by atoms with Crippen molar-refractivity contribution in [1.29, 1.82) is 0 Å². The SMILES string of the molecule is CN(C)CCCNC(=O)c1cc(NC(=O)c2cc(NC(=O)c3ccc4c(c3)sc3cc(C(=O)Nc5cc(C(=O)Nc6cc(C(=O)NCCCN(C)C)n(C)c6)n(C)c5)ccc34)cn2C)cn1C. The maximum atomic E-state index is 13.5. The number of nitrogens with one attached hydrogen (secondary N) is 6. The van der Waals surface area contributed by atoms with Crippen molar-refractivity contribution >= 4 is 89.7 Å². The summed E-state index contributed by atoms with van der Waals surface area (Å²) in [6.07, 6.45) is 8.27. The van der Waals surface area contributed by atoms with Crippen LogP contribution in [0, 0.1) is 0 Å². The fraction of sp³-hybridized carbons (Fsp3) is 0.292. The number of anilines is 4. The highest BCUT2D eigenvalue weighted by atomic mass is 32.1. The number of aryl methyl sites for hydroxylation is 4. The molecular weight excluding hydrogens is 873 g/mol. The number of hydrogen-bond acceptors (Lipinski definition) is 9. The molecule has 6 amide bonds. The van der Waals surface area contributed by atoms with E-state index in [4.69, 9.17) is 0 Å². The van der Waals surface area contributed by atoms with Gasteiger partial charge in [0.25, 0.3) is 35.4 Å². The Morgan fingerprint density at radius 2 is 0.761 bits per heavy atom. The molecule has 0 atom stereocenters. The summed E-state index contributed by atoms with van der Waals surface area (Å²) >= 11 is 1.45. The third-order valence-corrected chi connectivity index (χ3v) is 12.2. The van der Waals surface area contributed by atoms with Crippen LogP contribution in [-0.2, 0) is 28.2 Å². The van der Waals surface area contributed by atoms with Crippen LogP contribution in [0.5, 0.6) is 0 Å². The number of nitrogens with zero attached hydrogens (tertiary/aromatic N) is 6. The van der Waals surface area contributed by atoms with Crippen molar-refractivity contribution in [3.63, 3.8) is 0 Å². The maximum Gasteiger partial charge on any atom is 0.272 e. The average Bonchev–Trinajstić information content (AvgIpc) is 4.10. The summed E-state index contributed by atoms with van der Waals surface area (Å²) in [7, 11) is 14.8. The molecule has 7 rings (SSSR count). The fourth-order valence-electron chi connectivity index (χ4n) is 7.67. The lowest BCUT2D eigenvalue weighted by atomic mass is 10.1. The van der Waals surface area contributed by atoms with E-state index in [1.165, 1.54) is 11.3 Å². The zero-order chi connectivity index (χ0) is 48.1. The second-order valence-electron chi connectivity index (χ2n) is 17.1. The maximum absolute atomic E-state index is 13.5. The van der Waals surface area contributed by atoms with E-state index in [-0.39, 0.29) is 23.6 Å². The smallest absolute Gasteiger partial charge is 0.272 e. The van der Waals surface area contributed by atoms with Crippen molar-refractivity contribution in [3.8, 4) is 0 Å². The number of thiophene rings is 1. The Morgan fingerprint density at radius 3 is 1.09 bits per heavy atom. The summed E-state index contributed by atoms with van der Waals surface area (Å²) in [5.74, 6) is -2.00. The van der Waals surface area contributed by atoms with Crippen molar-refractivity contribution in [2.24, 2.45) is 28.2 Å². The molecule has 19 heteroatoms. The molecular formula is C48H56N12O6S. The molecule has 0 unspecified atom stereocenters. The van der Waals surface area contributed by atoms with Gasteiger partial charge in [-0.05, 0) is 103 Å². The van der Waals surface area contributed by atoms with Crippen LogP contribution in [0.3, 0.4) is 0 Å². The molecule has 2 aromatic carbocycles. The van der Waals surface area contributed by atoms with E-state index in [0.717, 1.165) is 46.1 Å².